The zero-order valence-corrected chi connectivity index (χ0v) is 11.9. The van der Waals surface area contributed by atoms with Crippen LogP contribution < -0.4 is 5.32 Å². The molecule has 1 aliphatic rings. The van der Waals surface area contributed by atoms with E-state index < -0.39 is 0 Å². The Morgan fingerprint density at radius 3 is 2.91 bits per heavy atom. The fourth-order valence-electron chi connectivity index (χ4n) is 2.62. The maximum Gasteiger partial charge on any atom is 0.268 e. The number of benzene rings is 1. The van der Waals surface area contributed by atoms with Gasteiger partial charge >= 0.3 is 0 Å². The summed E-state index contributed by atoms with van der Waals surface area (Å²) >= 11 is 0. The summed E-state index contributed by atoms with van der Waals surface area (Å²) in [7, 11) is 0. The van der Waals surface area contributed by atoms with Gasteiger partial charge in [-0.2, -0.15) is 0 Å². The maximum absolute atomic E-state index is 13.9. The first-order valence-electron chi connectivity index (χ1n) is 7.33. The molecule has 0 bridgehead atoms. The molecule has 1 N–H and O–H groups in total. The Morgan fingerprint density at radius 1 is 1.32 bits per heavy atom. The van der Waals surface area contributed by atoms with Crippen molar-refractivity contribution in [1.29, 1.82) is 0 Å². The molecule has 112 valence electrons. The maximum atomic E-state index is 13.9. The third kappa shape index (κ3) is 2.28. The summed E-state index contributed by atoms with van der Waals surface area (Å²) in [6.07, 6.45) is 3.62. The van der Waals surface area contributed by atoms with Crippen LogP contribution in [-0.2, 0) is 6.54 Å². The van der Waals surface area contributed by atoms with Gasteiger partial charge in [-0.25, -0.2) is 4.39 Å². The standard InChI is InChI=1S/C17H15FN2O2/c18-13-4-2-1-3-11(13)10-20-14-7-8-22-16(14)9-15(20)17(21)19-12-5-6-12/h1-4,7-9,12H,5-6,10H2,(H,19,21). The van der Waals surface area contributed by atoms with Gasteiger partial charge in [-0.05, 0) is 18.9 Å². The smallest absolute Gasteiger partial charge is 0.268 e. The van der Waals surface area contributed by atoms with Crippen molar-refractivity contribution in [3.05, 3.63) is 59.7 Å². The van der Waals surface area contributed by atoms with Crippen LogP contribution in [0.15, 0.2) is 47.1 Å². The molecule has 4 nitrogen and oxygen atoms in total. The molecule has 2 aromatic heterocycles. The number of halogens is 1. The summed E-state index contributed by atoms with van der Waals surface area (Å²) in [5, 5.41) is 2.97. The van der Waals surface area contributed by atoms with Gasteiger partial charge in [-0.1, -0.05) is 18.2 Å². The molecule has 0 unspecified atom stereocenters. The van der Waals surface area contributed by atoms with Gasteiger partial charge in [-0.15, -0.1) is 0 Å². The van der Waals surface area contributed by atoms with Crippen LogP contribution in [0.1, 0.15) is 28.9 Å². The zero-order valence-electron chi connectivity index (χ0n) is 11.9. The van der Waals surface area contributed by atoms with Crippen LogP contribution in [-0.4, -0.2) is 16.5 Å². The van der Waals surface area contributed by atoms with E-state index >= 15 is 0 Å². The Morgan fingerprint density at radius 2 is 2.14 bits per heavy atom. The molecule has 4 rings (SSSR count). The molecule has 22 heavy (non-hydrogen) atoms. The van der Waals surface area contributed by atoms with E-state index in [9.17, 15) is 9.18 Å². The second kappa shape index (κ2) is 5.02. The van der Waals surface area contributed by atoms with Crippen LogP contribution in [0.3, 0.4) is 0 Å². The van der Waals surface area contributed by atoms with E-state index in [1.807, 2.05) is 0 Å². The lowest BCUT2D eigenvalue weighted by Crippen LogP contribution is -2.27. The Labute approximate surface area is 126 Å². The van der Waals surface area contributed by atoms with Crippen molar-refractivity contribution >= 4 is 17.0 Å². The fraction of sp³-hybridized carbons (Fsp3) is 0.235. The SMILES string of the molecule is O=C(NC1CC1)c1cc2occc2n1Cc1ccccc1F. The lowest BCUT2D eigenvalue weighted by Gasteiger charge is -2.11. The van der Waals surface area contributed by atoms with Crippen LogP contribution in [0.2, 0.25) is 0 Å². The number of carbonyl (C=O) groups excluding carboxylic acids is 1. The number of carbonyl (C=O) groups is 1. The summed E-state index contributed by atoms with van der Waals surface area (Å²) < 4.78 is 21.1. The Hall–Kier alpha value is -2.56. The average Bonchev–Trinajstić information content (AvgIpc) is 3.08. The Kier molecular flexibility index (Phi) is 2.99. The van der Waals surface area contributed by atoms with Gasteiger partial charge < -0.3 is 14.3 Å². The molecule has 0 atom stereocenters. The number of aromatic nitrogens is 1. The summed E-state index contributed by atoms with van der Waals surface area (Å²) in [6, 6.07) is 10.4. The van der Waals surface area contributed by atoms with Gasteiger partial charge in [0.25, 0.3) is 5.91 Å². The topological polar surface area (TPSA) is 47.2 Å². The molecule has 5 heteroatoms. The van der Waals surface area contributed by atoms with E-state index in [2.05, 4.69) is 5.32 Å². The molecule has 0 saturated heterocycles. The molecule has 1 saturated carbocycles. The molecule has 1 aromatic carbocycles. The second-order valence-corrected chi connectivity index (χ2v) is 5.62. The highest BCUT2D eigenvalue weighted by Gasteiger charge is 2.26. The quantitative estimate of drug-likeness (QED) is 0.803. The predicted molar refractivity (Wildman–Crippen MR) is 80.2 cm³/mol. The summed E-state index contributed by atoms with van der Waals surface area (Å²) in [5.41, 5.74) is 2.48. The minimum absolute atomic E-state index is 0.134. The first kappa shape index (κ1) is 13.1. The van der Waals surface area contributed by atoms with Crippen molar-refractivity contribution in [1.82, 2.24) is 9.88 Å². The molecule has 2 heterocycles. The number of nitrogens with zero attached hydrogens (tertiary/aromatic N) is 1. The van der Waals surface area contributed by atoms with Gasteiger partial charge in [0.1, 0.15) is 11.5 Å². The first-order valence-corrected chi connectivity index (χ1v) is 7.33. The van der Waals surface area contributed by atoms with Crippen molar-refractivity contribution in [3.8, 4) is 0 Å². The molecule has 1 aliphatic carbocycles. The van der Waals surface area contributed by atoms with Crippen molar-refractivity contribution in [2.24, 2.45) is 0 Å². The number of amides is 1. The lowest BCUT2D eigenvalue weighted by molar-refractivity contribution is 0.0942. The fourth-order valence-corrected chi connectivity index (χ4v) is 2.62. The number of hydrogen-bond donors (Lipinski definition) is 1. The second-order valence-electron chi connectivity index (χ2n) is 5.62. The highest BCUT2D eigenvalue weighted by atomic mass is 19.1. The summed E-state index contributed by atoms with van der Waals surface area (Å²) in [6.45, 7) is 0.295. The van der Waals surface area contributed by atoms with E-state index in [0.29, 0.717) is 23.4 Å². The van der Waals surface area contributed by atoms with Crippen molar-refractivity contribution in [2.75, 3.05) is 0 Å². The van der Waals surface area contributed by atoms with E-state index in [-0.39, 0.29) is 17.8 Å². The largest absolute Gasteiger partial charge is 0.463 e. The Balaban J connectivity index is 1.75. The lowest BCUT2D eigenvalue weighted by atomic mass is 10.2. The monoisotopic (exact) mass is 298 g/mol. The molecular weight excluding hydrogens is 283 g/mol. The van der Waals surface area contributed by atoms with Gasteiger partial charge in [0.2, 0.25) is 0 Å². The zero-order chi connectivity index (χ0) is 15.1. The van der Waals surface area contributed by atoms with Crippen LogP contribution in [0.5, 0.6) is 0 Å². The van der Waals surface area contributed by atoms with Crippen molar-refractivity contribution in [2.45, 2.75) is 25.4 Å². The van der Waals surface area contributed by atoms with Gasteiger partial charge in [0, 0.05) is 23.7 Å². The molecular formula is C17H15FN2O2. The van der Waals surface area contributed by atoms with E-state index in [1.54, 1.807) is 41.2 Å². The van der Waals surface area contributed by atoms with Crippen molar-refractivity contribution < 1.29 is 13.6 Å². The molecule has 0 spiro atoms. The first-order chi connectivity index (χ1) is 10.7. The van der Waals surface area contributed by atoms with Gasteiger partial charge in [0.05, 0.1) is 18.3 Å². The third-order valence-corrected chi connectivity index (χ3v) is 3.95. The van der Waals surface area contributed by atoms with Gasteiger partial charge in [0.15, 0.2) is 5.58 Å². The number of fused-ring (bicyclic) bond motifs is 1. The highest BCUT2D eigenvalue weighted by Crippen LogP contribution is 2.25. The van der Waals surface area contributed by atoms with Crippen LogP contribution in [0.4, 0.5) is 4.39 Å². The minimum Gasteiger partial charge on any atom is -0.463 e. The molecule has 0 aliphatic heterocycles. The predicted octanol–water partition coefficient (Wildman–Crippen LogP) is 3.31. The van der Waals surface area contributed by atoms with Crippen LogP contribution in [0, 0.1) is 5.82 Å². The normalized spacial score (nSPS) is 14.4. The highest BCUT2D eigenvalue weighted by molar-refractivity contribution is 5.97. The molecule has 1 fully saturated rings. The number of nitrogens with one attached hydrogen (secondary N) is 1. The van der Waals surface area contributed by atoms with Crippen LogP contribution in [0.25, 0.3) is 11.1 Å². The van der Waals surface area contributed by atoms with E-state index in [0.717, 1.165) is 18.4 Å². The van der Waals surface area contributed by atoms with Gasteiger partial charge in [-0.3, -0.25) is 4.79 Å². The summed E-state index contributed by atoms with van der Waals surface area (Å²) in [4.78, 5) is 12.4. The van der Waals surface area contributed by atoms with E-state index in [1.165, 1.54) is 6.07 Å². The van der Waals surface area contributed by atoms with E-state index in [4.69, 9.17) is 4.42 Å². The minimum atomic E-state index is -0.276. The number of hydrogen-bond acceptors (Lipinski definition) is 2. The Bertz CT molecular complexity index is 845. The molecule has 0 radical (unpaired) electrons. The molecule has 3 aromatic rings. The number of rotatable bonds is 4. The molecule has 1 amide bonds. The average molecular weight is 298 g/mol. The van der Waals surface area contributed by atoms with Crippen LogP contribution >= 0.6 is 0 Å². The third-order valence-electron chi connectivity index (χ3n) is 3.95. The van der Waals surface area contributed by atoms with Crippen molar-refractivity contribution in [3.63, 3.8) is 0 Å². The summed E-state index contributed by atoms with van der Waals surface area (Å²) in [5.74, 6) is -0.411. The number of furan rings is 1.